The number of halogens is 2. The minimum Gasteiger partial charge on any atom is -0.293 e. The van der Waals surface area contributed by atoms with Crippen molar-refractivity contribution in [3.05, 3.63) is 79.6 Å². The molecule has 0 radical (unpaired) electrons. The smallest absolute Gasteiger partial charge is 0.171 e. The summed E-state index contributed by atoms with van der Waals surface area (Å²) in [5, 5.41) is 0. The average molecular weight is 478 g/mol. The molecule has 114 valence electrons. The average Bonchev–Trinajstić information content (AvgIpc) is 2.76. The molecular weight excluding hydrogens is 465 g/mol. The Morgan fingerprint density at radius 2 is 2.09 bits per heavy atom. The SMILES string of the molecule is CC12C=C(c3ccccn3)C(I)=CC1C(=O)c1cc(Br)ccc12. The number of pyridine rings is 1. The lowest BCUT2D eigenvalue weighted by Crippen LogP contribution is -2.29. The number of benzene rings is 1. The third-order valence-electron chi connectivity index (χ3n) is 4.71. The molecule has 4 rings (SSSR count). The molecule has 2 atom stereocenters. The van der Waals surface area contributed by atoms with Crippen molar-refractivity contribution in [2.45, 2.75) is 12.3 Å². The topological polar surface area (TPSA) is 30.0 Å². The Morgan fingerprint density at radius 3 is 2.83 bits per heavy atom. The number of carbonyl (C=O) groups is 1. The van der Waals surface area contributed by atoms with Crippen LogP contribution in [0, 0.1) is 5.92 Å². The zero-order valence-electron chi connectivity index (χ0n) is 12.4. The van der Waals surface area contributed by atoms with Gasteiger partial charge in [0.15, 0.2) is 5.78 Å². The van der Waals surface area contributed by atoms with Crippen LogP contribution in [0.5, 0.6) is 0 Å². The second-order valence-corrected chi connectivity index (χ2v) is 8.18. The number of carbonyl (C=O) groups excluding carboxylic acids is 1. The number of aromatic nitrogens is 1. The van der Waals surface area contributed by atoms with Gasteiger partial charge in [-0.15, -0.1) is 0 Å². The van der Waals surface area contributed by atoms with E-state index in [0.717, 1.165) is 30.4 Å². The molecule has 0 amide bonds. The molecule has 0 fully saturated rings. The van der Waals surface area contributed by atoms with Crippen LogP contribution in [0.15, 0.2) is 62.8 Å². The minimum absolute atomic E-state index is 0.133. The zero-order chi connectivity index (χ0) is 16.2. The van der Waals surface area contributed by atoms with Gasteiger partial charge in [-0.1, -0.05) is 47.1 Å². The van der Waals surface area contributed by atoms with Crippen molar-refractivity contribution in [1.29, 1.82) is 0 Å². The van der Waals surface area contributed by atoms with Crippen molar-refractivity contribution in [1.82, 2.24) is 4.98 Å². The lowest BCUT2D eigenvalue weighted by Gasteiger charge is -2.31. The van der Waals surface area contributed by atoms with Crippen molar-refractivity contribution in [2.75, 3.05) is 0 Å². The Bertz CT molecular complexity index is 887. The van der Waals surface area contributed by atoms with E-state index in [1.54, 1.807) is 6.20 Å². The van der Waals surface area contributed by atoms with Gasteiger partial charge in [0.2, 0.25) is 0 Å². The maximum absolute atomic E-state index is 12.9. The summed E-state index contributed by atoms with van der Waals surface area (Å²) in [5.74, 6) is 0.0699. The molecule has 0 aliphatic heterocycles. The van der Waals surface area contributed by atoms with Crippen LogP contribution in [0.1, 0.15) is 28.5 Å². The number of hydrogen-bond donors (Lipinski definition) is 0. The monoisotopic (exact) mass is 477 g/mol. The predicted molar refractivity (Wildman–Crippen MR) is 104 cm³/mol. The van der Waals surface area contributed by atoms with Crippen molar-refractivity contribution >= 4 is 49.9 Å². The Kier molecular flexibility index (Phi) is 3.57. The van der Waals surface area contributed by atoms with Crippen molar-refractivity contribution in [2.24, 2.45) is 5.92 Å². The highest BCUT2D eigenvalue weighted by atomic mass is 127. The molecule has 0 saturated carbocycles. The standard InChI is InChI=1S/C19H13BrINO/c1-19-10-13(17-4-2-3-7-22-17)16(21)9-15(19)18(23)12-8-11(20)5-6-14(12)19/h2-10,15H,1H3. The van der Waals surface area contributed by atoms with E-state index in [1.165, 1.54) is 0 Å². The molecule has 4 heteroatoms. The summed E-state index contributed by atoms with van der Waals surface area (Å²) in [7, 11) is 0. The number of ketones is 1. The molecule has 0 N–H and O–H groups in total. The molecule has 23 heavy (non-hydrogen) atoms. The lowest BCUT2D eigenvalue weighted by molar-refractivity contribution is 0.0938. The molecule has 1 aromatic carbocycles. The van der Waals surface area contributed by atoms with Crippen LogP contribution in [0.25, 0.3) is 5.57 Å². The van der Waals surface area contributed by atoms with E-state index in [2.05, 4.69) is 68.6 Å². The van der Waals surface area contributed by atoms with Crippen molar-refractivity contribution in [3.8, 4) is 0 Å². The molecule has 2 aromatic rings. The molecule has 0 saturated heterocycles. The Morgan fingerprint density at radius 1 is 1.26 bits per heavy atom. The van der Waals surface area contributed by atoms with Gasteiger partial charge in [0.1, 0.15) is 0 Å². The Labute approximate surface area is 157 Å². The molecule has 1 aromatic heterocycles. The van der Waals surface area contributed by atoms with Crippen LogP contribution in [0.4, 0.5) is 0 Å². The van der Waals surface area contributed by atoms with E-state index in [1.807, 2.05) is 30.3 Å². The second kappa shape index (κ2) is 5.38. The summed E-state index contributed by atoms with van der Waals surface area (Å²) >= 11 is 5.79. The predicted octanol–water partition coefficient (Wildman–Crippen LogP) is 5.33. The second-order valence-electron chi connectivity index (χ2n) is 6.10. The van der Waals surface area contributed by atoms with Gasteiger partial charge in [0, 0.05) is 30.8 Å². The van der Waals surface area contributed by atoms with E-state index >= 15 is 0 Å². The Hall–Kier alpha value is -1.27. The lowest BCUT2D eigenvalue weighted by atomic mass is 9.72. The molecule has 2 aliphatic rings. The number of rotatable bonds is 1. The molecule has 2 nitrogen and oxygen atoms in total. The van der Waals surface area contributed by atoms with Crippen LogP contribution in [-0.4, -0.2) is 10.8 Å². The van der Waals surface area contributed by atoms with Crippen LogP contribution >= 0.6 is 38.5 Å². The summed E-state index contributed by atoms with van der Waals surface area (Å²) < 4.78 is 2.03. The fourth-order valence-corrected chi connectivity index (χ4v) is 4.69. The minimum atomic E-state index is -0.311. The molecule has 0 spiro atoms. The number of Topliss-reactive ketones (excluding diaryl/α,β-unsaturated/α-hetero) is 1. The van der Waals surface area contributed by atoms with E-state index in [4.69, 9.17) is 0 Å². The zero-order valence-corrected chi connectivity index (χ0v) is 16.1. The van der Waals surface area contributed by atoms with E-state index in [0.29, 0.717) is 0 Å². The third-order valence-corrected chi connectivity index (χ3v) is 6.15. The summed E-state index contributed by atoms with van der Waals surface area (Å²) in [4.78, 5) is 17.3. The summed E-state index contributed by atoms with van der Waals surface area (Å²) in [6.07, 6.45) is 6.12. The van der Waals surface area contributed by atoms with E-state index in [9.17, 15) is 4.79 Å². The first-order valence-corrected chi connectivity index (χ1v) is 9.24. The maximum atomic E-state index is 12.9. The summed E-state index contributed by atoms with van der Waals surface area (Å²) in [6, 6.07) is 11.9. The first-order chi connectivity index (χ1) is 11.0. The van der Waals surface area contributed by atoms with Gasteiger partial charge in [-0.3, -0.25) is 9.78 Å². The number of nitrogens with zero attached hydrogens (tertiary/aromatic N) is 1. The van der Waals surface area contributed by atoms with Crippen molar-refractivity contribution < 1.29 is 4.79 Å². The molecule has 0 bridgehead atoms. The largest absolute Gasteiger partial charge is 0.293 e. The fourth-order valence-electron chi connectivity index (χ4n) is 3.54. The highest BCUT2D eigenvalue weighted by molar-refractivity contribution is 14.1. The maximum Gasteiger partial charge on any atom is 0.171 e. The van der Waals surface area contributed by atoms with Gasteiger partial charge in [0.05, 0.1) is 11.6 Å². The van der Waals surface area contributed by atoms with E-state index < -0.39 is 0 Å². The first-order valence-electron chi connectivity index (χ1n) is 7.37. The van der Waals surface area contributed by atoms with Gasteiger partial charge < -0.3 is 0 Å². The number of fused-ring (bicyclic) bond motifs is 3. The summed E-state index contributed by atoms with van der Waals surface area (Å²) in [5.41, 5.74) is 3.67. The van der Waals surface area contributed by atoms with Crippen molar-refractivity contribution in [3.63, 3.8) is 0 Å². The molecule has 2 aliphatic carbocycles. The van der Waals surface area contributed by atoms with Crippen LogP contribution in [0.3, 0.4) is 0 Å². The molecule has 1 heterocycles. The van der Waals surface area contributed by atoms with Crippen LogP contribution < -0.4 is 0 Å². The van der Waals surface area contributed by atoms with Gasteiger partial charge in [-0.05, 0) is 52.4 Å². The third kappa shape index (κ3) is 2.26. The van der Waals surface area contributed by atoms with Crippen LogP contribution in [-0.2, 0) is 5.41 Å². The quantitative estimate of drug-likeness (QED) is 0.519. The number of allylic oxidation sites excluding steroid dienone is 4. The fraction of sp³-hybridized carbons (Fsp3) is 0.158. The number of hydrogen-bond acceptors (Lipinski definition) is 2. The normalized spacial score (nSPS) is 25.5. The van der Waals surface area contributed by atoms with E-state index in [-0.39, 0.29) is 17.1 Å². The van der Waals surface area contributed by atoms with Gasteiger partial charge in [0.25, 0.3) is 0 Å². The first kappa shape index (κ1) is 15.3. The van der Waals surface area contributed by atoms with Gasteiger partial charge in [-0.2, -0.15) is 0 Å². The highest BCUT2D eigenvalue weighted by Gasteiger charge is 2.48. The molecule has 2 unspecified atom stereocenters. The highest BCUT2D eigenvalue weighted by Crippen LogP contribution is 2.51. The van der Waals surface area contributed by atoms with Crippen LogP contribution in [0.2, 0.25) is 0 Å². The molecular formula is C19H13BrINO. The Balaban J connectivity index is 1.93. The summed E-state index contributed by atoms with van der Waals surface area (Å²) in [6.45, 7) is 2.15. The van der Waals surface area contributed by atoms with Gasteiger partial charge in [-0.25, -0.2) is 0 Å². The van der Waals surface area contributed by atoms with Gasteiger partial charge >= 0.3 is 0 Å².